The average Bonchev–Trinajstić information content (AvgIpc) is 2.97. The fourth-order valence-corrected chi connectivity index (χ4v) is 3.17. The van der Waals surface area contributed by atoms with E-state index in [0.717, 1.165) is 28.7 Å². The molecule has 0 spiro atoms. The Morgan fingerprint density at radius 3 is 2.85 bits per heavy atom. The number of nitrogens with zero attached hydrogens (tertiary/aromatic N) is 2. The summed E-state index contributed by atoms with van der Waals surface area (Å²) in [6.45, 7) is 3.67. The number of nitro benzene ring substituents is 1. The summed E-state index contributed by atoms with van der Waals surface area (Å²) < 4.78 is 13.4. The van der Waals surface area contributed by atoms with Crippen molar-refractivity contribution in [3.05, 3.63) is 57.9 Å². The smallest absolute Gasteiger partial charge is 0.306 e. The van der Waals surface area contributed by atoms with Gasteiger partial charge < -0.3 is 10.3 Å². The molecule has 0 saturated carbocycles. The first-order valence-corrected chi connectivity index (χ1v) is 8.59. The number of benzene rings is 2. The SMILES string of the molecule is Cc1ccc2nc(S[C@H](C)C(=O)Nc3ccc(F)c([N+](=O)[O-])c3)[nH]c2c1. The Morgan fingerprint density at radius 2 is 2.12 bits per heavy atom. The minimum Gasteiger partial charge on any atom is -0.333 e. The quantitative estimate of drug-likeness (QED) is 0.399. The van der Waals surface area contributed by atoms with Gasteiger partial charge in [0, 0.05) is 11.8 Å². The number of thioether (sulfide) groups is 1. The van der Waals surface area contributed by atoms with Crippen molar-refractivity contribution in [2.24, 2.45) is 0 Å². The summed E-state index contributed by atoms with van der Waals surface area (Å²) in [5, 5.41) is 13.4. The molecule has 0 unspecified atom stereocenters. The van der Waals surface area contributed by atoms with Crippen molar-refractivity contribution < 1.29 is 14.1 Å². The molecule has 0 aliphatic heterocycles. The lowest BCUT2D eigenvalue weighted by atomic mass is 10.2. The van der Waals surface area contributed by atoms with Crippen molar-refractivity contribution >= 4 is 40.1 Å². The van der Waals surface area contributed by atoms with Crippen molar-refractivity contribution in [2.75, 3.05) is 5.32 Å². The van der Waals surface area contributed by atoms with Crippen LogP contribution in [-0.4, -0.2) is 26.0 Å². The summed E-state index contributed by atoms with van der Waals surface area (Å²) in [7, 11) is 0. The molecule has 0 bridgehead atoms. The minimum atomic E-state index is -0.951. The molecular formula is C17H15FN4O3S. The number of aromatic amines is 1. The van der Waals surface area contributed by atoms with Gasteiger partial charge in [0.2, 0.25) is 11.7 Å². The van der Waals surface area contributed by atoms with Crippen LogP contribution in [0.15, 0.2) is 41.6 Å². The van der Waals surface area contributed by atoms with Crippen molar-refractivity contribution in [3.63, 3.8) is 0 Å². The van der Waals surface area contributed by atoms with E-state index in [1.807, 2.05) is 25.1 Å². The molecule has 1 amide bonds. The second kappa shape index (κ2) is 7.12. The molecule has 9 heteroatoms. The second-order valence-corrected chi connectivity index (χ2v) is 7.06. The molecule has 0 aliphatic rings. The van der Waals surface area contributed by atoms with Crippen LogP contribution < -0.4 is 5.32 Å². The number of nitro groups is 1. The maximum Gasteiger partial charge on any atom is 0.306 e. The predicted octanol–water partition coefficient (Wildman–Crippen LogP) is 4.04. The summed E-state index contributed by atoms with van der Waals surface area (Å²) >= 11 is 1.23. The normalized spacial score (nSPS) is 12.1. The fraction of sp³-hybridized carbons (Fsp3) is 0.176. The molecule has 1 heterocycles. The zero-order valence-corrected chi connectivity index (χ0v) is 14.8. The maximum absolute atomic E-state index is 13.4. The van der Waals surface area contributed by atoms with Crippen LogP contribution in [0.5, 0.6) is 0 Å². The average molecular weight is 374 g/mol. The Balaban J connectivity index is 1.71. The maximum atomic E-state index is 13.4. The lowest BCUT2D eigenvalue weighted by Crippen LogP contribution is -2.22. The highest BCUT2D eigenvalue weighted by Crippen LogP contribution is 2.26. The van der Waals surface area contributed by atoms with Gasteiger partial charge in [-0.1, -0.05) is 17.8 Å². The van der Waals surface area contributed by atoms with E-state index >= 15 is 0 Å². The third-order valence-electron chi connectivity index (χ3n) is 3.68. The molecule has 26 heavy (non-hydrogen) atoms. The van der Waals surface area contributed by atoms with Gasteiger partial charge in [-0.2, -0.15) is 4.39 Å². The number of H-pyrrole nitrogens is 1. The molecule has 0 radical (unpaired) electrons. The number of halogens is 1. The van der Waals surface area contributed by atoms with Crippen LogP contribution in [0.3, 0.4) is 0 Å². The number of aryl methyl sites for hydroxylation is 1. The van der Waals surface area contributed by atoms with E-state index in [9.17, 15) is 19.3 Å². The number of rotatable bonds is 5. The molecule has 134 valence electrons. The molecular weight excluding hydrogens is 359 g/mol. The van der Waals surface area contributed by atoms with Gasteiger partial charge >= 0.3 is 5.69 Å². The van der Waals surface area contributed by atoms with Gasteiger partial charge in [0.05, 0.1) is 21.2 Å². The van der Waals surface area contributed by atoms with Crippen molar-refractivity contribution in [3.8, 4) is 0 Å². The van der Waals surface area contributed by atoms with E-state index in [1.165, 1.54) is 17.8 Å². The number of carbonyl (C=O) groups is 1. The third-order valence-corrected chi connectivity index (χ3v) is 4.67. The topological polar surface area (TPSA) is 101 Å². The standard InChI is InChI=1S/C17H15FN4O3S/c1-9-3-6-13-14(7-9)21-17(20-13)26-10(2)16(23)19-11-4-5-12(18)15(8-11)22(24)25/h3-8,10H,1-2H3,(H,19,23)(H,20,21)/t10-/m1/s1. The summed E-state index contributed by atoms with van der Waals surface area (Å²) in [5.74, 6) is -1.32. The molecule has 3 rings (SSSR count). The number of hydrogen-bond donors (Lipinski definition) is 2. The molecule has 0 saturated heterocycles. The number of fused-ring (bicyclic) bond motifs is 1. The van der Waals surface area contributed by atoms with E-state index in [1.54, 1.807) is 6.92 Å². The van der Waals surface area contributed by atoms with E-state index in [4.69, 9.17) is 0 Å². The van der Waals surface area contributed by atoms with Crippen LogP contribution in [0.2, 0.25) is 0 Å². The van der Waals surface area contributed by atoms with Gasteiger partial charge in [-0.05, 0) is 43.7 Å². The Hall–Kier alpha value is -2.94. The number of carbonyl (C=O) groups excluding carboxylic acids is 1. The van der Waals surface area contributed by atoms with Gasteiger partial charge in [-0.15, -0.1) is 0 Å². The fourth-order valence-electron chi connectivity index (χ4n) is 2.35. The molecule has 2 N–H and O–H groups in total. The lowest BCUT2D eigenvalue weighted by molar-refractivity contribution is -0.387. The number of anilines is 1. The molecule has 7 nitrogen and oxygen atoms in total. The first-order valence-electron chi connectivity index (χ1n) is 7.71. The number of amides is 1. The monoisotopic (exact) mass is 374 g/mol. The van der Waals surface area contributed by atoms with Gasteiger partial charge in [0.1, 0.15) is 0 Å². The summed E-state index contributed by atoms with van der Waals surface area (Å²) in [6.07, 6.45) is 0. The zero-order valence-electron chi connectivity index (χ0n) is 13.9. The summed E-state index contributed by atoms with van der Waals surface area (Å²) in [6, 6.07) is 9.04. The Bertz CT molecular complexity index is 1000. The number of aromatic nitrogens is 2. The Kier molecular flexibility index (Phi) is 4.90. The molecule has 0 aliphatic carbocycles. The molecule has 1 atom stereocenters. The molecule has 0 fully saturated rings. The van der Waals surface area contributed by atoms with Gasteiger partial charge in [0.25, 0.3) is 0 Å². The zero-order chi connectivity index (χ0) is 18.8. The molecule has 1 aromatic heterocycles. The molecule has 2 aromatic carbocycles. The Morgan fingerprint density at radius 1 is 1.35 bits per heavy atom. The highest BCUT2D eigenvalue weighted by Gasteiger charge is 2.19. The van der Waals surface area contributed by atoms with E-state index in [0.29, 0.717) is 5.16 Å². The van der Waals surface area contributed by atoms with Crippen molar-refractivity contribution in [1.82, 2.24) is 9.97 Å². The van der Waals surface area contributed by atoms with E-state index < -0.39 is 21.7 Å². The van der Waals surface area contributed by atoms with Gasteiger partial charge in [-0.3, -0.25) is 14.9 Å². The summed E-state index contributed by atoms with van der Waals surface area (Å²) in [4.78, 5) is 29.8. The van der Waals surface area contributed by atoms with Crippen LogP contribution in [0.25, 0.3) is 11.0 Å². The van der Waals surface area contributed by atoms with Crippen LogP contribution in [0, 0.1) is 22.9 Å². The number of nitrogens with one attached hydrogen (secondary N) is 2. The van der Waals surface area contributed by atoms with Crippen molar-refractivity contribution in [1.29, 1.82) is 0 Å². The third kappa shape index (κ3) is 3.83. The first kappa shape index (κ1) is 17.9. The predicted molar refractivity (Wildman–Crippen MR) is 97.8 cm³/mol. The highest BCUT2D eigenvalue weighted by atomic mass is 32.2. The lowest BCUT2D eigenvalue weighted by Gasteiger charge is -2.10. The van der Waals surface area contributed by atoms with Gasteiger partial charge in [0.15, 0.2) is 5.16 Å². The van der Waals surface area contributed by atoms with Crippen LogP contribution in [-0.2, 0) is 4.79 Å². The molecule has 3 aromatic rings. The Labute approximate surface area is 152 Å². The van der Waals surface area contributed by atoms with Crippen LogP contribution in [0.4, 0.5) is 15.8 Å². The van der Waals surface area contributed by atoms with Crippen LogP contribution in [0.1, 0.15) is 12.5 Å². The van der Waals surface area contributed by atoms with Gasteiger partial charge in [-0.25, -0.2) is 4.98 Å². The van der Waals surface area contributed by atoms with Crippen molar-refractivity contribution in [2.45, 2.75) is 24.3 Å². The minimum absolute atomic E-state index is 0.163. The number of imidazole rings is 1. The number of hydrogen-bond acceptors (Lipinski definition) is 5. The highest BCUT2D eigenvalue weighted by molar-refractivity contribution is 8.00. The van der Waals surface area contributed by atoms with E-state index in [-0.39, 0.29) is 11.6 Å². The van der Waals surface area contributed by atoms with Crippen LogP contribution >= 0.6 is 11.8 Å². The van der Waals surface area contributed by atoms with E-state index in [2.05, 4.69) is 15.3 Å². The first-order chi connectivity index (χ1) is 12.3. The summed E-state index contributed by atoms with van der Waals surface area (Å²) in [5.41, 5.74) is 2.27. The second-order valence-electron chi connectivity index (χ2n) is 5.74. The largest absolute Gasteiger partial charge is 0.333 e.